The summed E-state index contributed by atoms with van der Waals surface area (Å²) in [4.78, 5) is 51.7. The topological polar surface area (TPSA) is 208 Å². The molecule has 7 N–H and O–H groups in total. The molecule has 0 aliphatic carbocycles. The number of aliphatic hydroxyl groups excluding tert-OH is 2. The van der Waals surface area contributed by atoms with Gasteiger partial charge in [-0.25, -0.2) is 9.59 Å². The van der Waals surface area contributed by atoms with Crippen LogP contribution >= 0.6 is 11.8 Å². The fraction of sp³-hybridized carbons (Fsp3) is 0.543. The normalized spacial score (nSPS) is 21.7. The molecule has 50 heavy (non-hydrogen) atoms. The lowest BCUT2D eigenvalue weighted by atomic mass is 9.86. The Balaban J connectivity index is 1.85. The second kappa shape index (κ2) is 19.0. The molecule has 1 aliphatic heterocycles. The number of hydrogen-bond donors (Lipinski definition) is 6. The third-order valence-electron chi connectivity index (χ3n) is 7.66. The van der Waals surface area contributed by atoms with Crippen molar-refractivity contribution in [2.45, 2.75) is 82.3 Å². The highest BCUT2D eigenvalue weighted by molar-refractivity contribution is 7.99. The van der Waals surface area contributed by atoms with Gasteiger partial charge in [0, 0.05) is 37.8 Å². The third-order valence-corrected chi connectivity index (χ3v) is 8.76. The second-order valence-corrected chi connectivity index (χ2v) is 14.0. The first-order valence-corrected chi connectivity index (χ1v) is 17.6. The molecule has 1 saturated heterocycles. The van der Waals surface area contributed by atoms with Gasteiger partial charge in [0.2, 0.25) is 5.91 Å². The number of ether oxygens (including phenoxy) is 4. The zero-order valence-corrected chi connectivity index (χ0v) is 30.0. The van der Waals surface area contributed by atoms with Crippen LogP contribution in [0.15, 0.2) is 54.6 Å². The monoisotopic (exact) mass is 718 g/mol. The highest BCUT2D eigenvalue weighted by Crippen LogP contribution is 2.35. The fourth-order valence-electron chi connectivity index (χ4n) is 5.39. The van der Waals surface area contributed by atoms with Crippen molar-refractivity contribution in [3.63, 3.8) is 0 Å². The van der Waals surface area contributed by atoms with Crippen LogP contribution in [0.1, 0.15) is 50.9 Å². The Morgan fingerprint density at radius 3 is 2.28 bits per heavy atom. The molecular formula is C35H50N4O10S. The minimum absolute atomic E-state index is 0.0289. The van der Waals surface area contributed by atoms with Gasteiger partial charge in [-0.15, -0.1) is 0 Å². The van der Waals surface area contributed by atoms with Gasteiger partial charge in [0.25, 0.3) is 11.7 Å². The number of nitrogens with two attached hydrogens (primary N) is 1. The van der Waals surface area contributed by atoms with Crippen LogP contribution in [0.4, 0.5) is 4.79 Å². The van der Waals surface area contributed by atoms with Gasteiger partial charge in [0.15, 0.2) is 0 Å². The predicted octanol–water partition coefficient (Wildman–Crippen LogP) is 1.96. The van der Waals surface area contributed by atoms with E-state index in [0.29, 0.717) is 24.3 Å². The third kappa shape index (κ3) is 12.0. The molecule has 1 fully saturated rings. The number of thioether (sulfide) groups is 1. The summed E-state index contributed by atoms with van der Waals surface area (Å²) < 4.78 is 22.7. The molecule has 3 amide bonds. The molecule has 6 atom stereocenters. The second-order valence-electron chi connectivity index (χ2n) is 12.8. The van der Waals surface area contributed by atoms with Crippen LogP contribution in [0.2, 0.25) is 0 Å². The maximum absolute atomic E-state index is 13.3. The molecule has 0 spiro atoms. The molecule has 0 aromatic heterocycles. The van der Waals surface area contributed by atoms with Crippen LogP contribution in [-0.4, -0.2) is 114 Å². The van der Waals surface area contributed by atoms with E-state index in [2.05, 4.69) is 16.0 Å². The number of hydrogen-bond acceptors (Lipinski definition) is 12. The van der Waals surface area contributed by atoms with Gasteiger partial charge >= 0.3 is 12.1 Å². The standard InChI is InChI=1S/C35H50N4O10S/c1-22(40)38-28-26(39-33(45)49-34(2,3)4)20-35(32(44)46-5,47-17-9-18-50-19-16-36)48-30(28)29(42)27(41)21-37-31(43)25-14-12-24(13-15-25)23-10-7-6-8-11-23/h6-8,10-15,26-30,41-42H,9,16-21,36H2,1-5H3,(H,37,43)(H,38,40)(H,39,45). The number of carbonyl (C=O) groups excluding carboxylic acids is 4. The van der Waals surface area contributed by atoms with Gasteiger partial charge in [-0.05, 0) is 56.2 Å². The van der Waals surface area contributed by atoms with Crippen LogP contribution < -0.4 is 21.7 Å². The Kier molecular flexibility index (Phi) is 15.5. The molecule has 15 heteroatoms. The average Bonchev–Trinajstić information content (AvgIpc) is 3.08. The minimum atomic E-state index is -2.16. The molecule has 0 saturated carbocycles. The molecule has 0 radical (unpaired) electrons. The number of alkyl carbamates (subject to hydrolysis) is 1. The molecule has 1 heterocycles. The number of esters is 1. The smallest absolute Gasteiger partial charge is 0.407 e. The summed E-state index contributed by atoms with van der Waals surface area (Å²) in [6.07, 6.45) is -5.73. The van der Waals surface area contributed by atoms with Crippen LogP contribution in [0, 0.1) is 0 Å². The van der Waals surface area contributed by atoms with Crippen LogP contribution in [0.3, 0.4) is 0 Å². The van der Waals surface area contributed by atoms with E-state index in [1.807, 2.05) is 30.3 Å². The Morgan fingerprint density at radius 1 is 1.02 bits per heavy atom. The molecule has 2 aromatic carbocycles. The quantitative estimate of drug-likeness (QED) is 0.109. The first-order chi connectivity index (χ1) is 23.7. The molecule has 14 nitrogen and oxygen atoms in total. The number of carbonyl (C=O) groups is 4. The molecule has 2 aromatic rings. The summed E-state index contributed by atoms with van der Waals surface area (Å²) in [5.41, 5.74) is 6.90. The van der Waals surface area contributed by atoms with Crippen molar-refractivity contribution in [3.05, 3.63) is 60.2 Å². The van der Waals surface area contributed by atoms with Crippen molar-refractivity contribution in [2.75, 3.05) is 38.3 Å². The zero-order valence-electron chi connectivity index (χ0n) is 29.2. The first kappa shape index (κ1) is 40.7. The van der Waals surface area contributed by atoms with E-state index >= 15 is 0 Å². The average molecular weight is 719 g/mol. The molecule has 3 rings (SSSR count). The zero-order chi connectivity index (χ0) is 36.9. The Morgan fingerprint density at radius 2 is 1.68 bits per heavy atom. The van der Waals surface area contributed by atoms with Gasteiger partial charge in [-0.3, -0.25) is 9.59 Å². The molecule has 276 valence electrons. The van der Waals surface area contributed by atoms with E-state index in [9.17, 15) is 29.4 Å². The van der Waals surface area contributed by atoms with E-state index in [1.54, 1.807) is 56.8 Å². The number of methoxy groups -OCH3 is 1. The summed E-state index contributed by atoms with van der Waals surface area (Å²) in [5.74, 6) is -2.76. The number of nitrogens with one attached hydrogen (secondary N) is 3. The van der Waals surface area contributed by atoms with Crippen molar-refractivity contribution in [2.24, 2.45) is 5.73 Å². The van der Waals surface area contributed by atoms with Crippen molar-refractivity contribution in [3.8, 4) is 11.1 Å². The van der Waals surface area contributed by atoms with E-state index in [0.717, 1.165) is 24.0 Å². The highest BCUT2D eigenvalue weighted by Gasteiger charge is 2.57. The number of aliphatic hydroxyl groups is 2. The summed E-state index contributed by atoms with van der Waals surface area (Å²) in [6.45, 7) is 6.34. The summed E-state index contributed by atoms with van der Waals surface area (Å²) in [7, 11) is 1.13. The van der Waals surface area contributed by atoms with E-state index in [1.165, 1.54) is 6.92 Å². The van der Waals surface area contributed by atoms with Crippen molar-refractivity contribution in [1.29, 1.82) is 0 Å². The SMILES string of the molecule is COC(=O)C1(OCCCSCCN)CC(NC(=O)OC(C)(C)C)C(NC(C)=O)C(C(O)C(O)CNC(=O)c2ccc(-c3ccccc3)cc2)O1. The van der Waals surface area contributed by atoms with E-state index in [-0.39, 0.29) is 13.0 Å². The fourth-order valence-corrected chi connectivity index (χ4v) is 6.08. The van der Waals surface area contributed by atoms with Crippen LogP contribution in [0.25, 0.3) is 11.1 Å². The lowest BCUT2D eigenvalue weighted by Crippen LogP contribution is -2.71. The number of benzene rings is 2. The first-order valence-electron chi connectivity index (χ1n) is 16.4. The minimum Gasteiger partial charge on any atom is -0.465 e. The lowest BCUT2D eigenvalue weighted by molar-refractivity contribution is -0.301. The Hall–Kier alpha value is -3.73. The van der Waals surface area contributed by atoms with E-state index in [4.69, 9.17) is 24.7 Å². The summed E-state index contributed by atoms with van der Waals surface area (Å²) in [6, 6.07) is 14.2. The maximum atomic E-state index is 13.3. The van der Waals surface area contributed by atoms with Crippen LogP contribution in [0.5, 0.6) is 0 Å². The van der Waals surface area contributed by atoms with Gasteiger partial charge in [-0.2, -0.15) is 11.8 Å². The molecule has 1 aliphatic rings. The largest absolute Gasteiger partial charge is 0.465 e. The van der Waals surface area contributed by atoms with Gasteiger partial charge < -0.3 is 50.8 Å². The molecular weight excluding hydrogens is 668 g/mol. The lowest BCUT2D eigenvalue weighted by Gasteiger charge is -2.48. The number of amides is 3. The number of rotatable bonds is 16. The Labute approximate surface area is 297 Å². The summed E-state index contributed by atoms with van der Waals surface area (Å²) in [5, 5.41) is 30.6. The van der Waals surface area contributed by atoms with Gasteiger partial charge in [0.1, 0.15) is 17.8 Å². The maximum Gasteiger partial charge on any atom is 0.407 e. The van der Waals surface area contributed by atoms with Crippen molar-refractivity contribution >= 4 is 35.6 Å². The van der Waals surface area contributed by atoms with Crippen molar-refractivity contribution in [1.82, 2.24) is 16.0 Å². The van der Waals surface area contributed by atoms with Crippen molar-refractivity contribution < 1.29 is 48.3 Å². The summed E-state index contributed by atoms with van der Waals surface area (Å²) >= 11 is 1.60. The molecule has 6 unspecified atom stereocenters. The van der Waals surface area contributed by atoms with Crippen LogP contribution in [-0.2, 0) is 28.5 Å². The Bertz CT molecular complexity index is 1410. The predicted molar refractivity (Wildman–Crippen MR) is 188 cm³/mol. The van der Waals surface area contributed by atoms with Gasteiger partial charge in [-0.1, -0.05) is 42.5 Å². The van der Waals surface area contributed by atoms with Gasteiger partial charge in [0.05, 0.1) is 31.9 Å². The van der Waals surface area contributed by atoms with E-state index < -0.39 is 72.2 Å². The molecule has 0 bridgehead atoms. The highest BCUT2D eigenvalue weighted by atomic mass is 32.2.